The van der Waals surface area contributed by atoms with Crippen molar-refractivity contribution in [2.45, 2.75) is 43.8 Å². The van der Waals surface area contributed by atoms with Gasteiger partial charge in [-0.1, -0.05) is 11.6 Å². The second kappa shape index (κ2) is 6.23. The standard InChI is InChI=1S/C20H19ClN4O3/c21-16-5-13-17(25(12-3-4-12)9-15(19(13)26)20(27)28)14(6-22)18(16)24-7-10-1-2-11(8-24)23-10/h5,9-12,23H,1-4,7-8H2,(H,27,28). The van der Waals surface area contributed by atoms with Gasteiger partial charge in [0.15, 0.2) is 0 Å². The second-order valence-corrected chi connectivity index (χ2v) is 8.36. The van der Waals surface area contributed by atoms with Gasteiger partial charge in [-0.15, -0.1) is 0 Å². The third kappa shape index (κ3) is 2.60. The van der Waals surface area contributed by atoms with E-state index >= 15 is 0 Å². The Labute approximate surface area is 166 Å². The van der Waals surface area contributed by atoms with E-state index < -0.39 is 11.4 Å². The summed E-state index contributed by atoms with van der Waals surface area (Å²) in [6, 6.07) is 4.68. The van der Waals surface area contributed by atoms with Gasteiger partial charge in [-0.3, -0.25) is 4.79 Å². The predicted octanol–water partition coefficient (Wildman–Crippen LogP) is 2.50. The number of hydrogen-bond donors (Lipinski definition) is 2. The summed E-state index contributed by atoms with van der Waals surface area (Å²) in [7, 11) is 0. The Bertz CT molecular complexity index is 1100. The van der Waals surface area contributed by atoms with Crippen LogP contribution in [0.25, 0.3) is 10.9 Å². The third-order valence-electron chi connectivity index (χ3n) is 6.06. The fourth-order valence-corrected chi connectivity index (χ4v) is 4.99. The average Bonchev–Trinajstić information content (AvgIpc) is 3.45. The Hall–Kier alpha value is -2.56. The fourth-order valence-electron chi connectivity index (χ4n) is 4.67. The van der Waals surface area contributed by atoms with Crippen molar-refractivity contribution in [2.24, 2.45) is 0 Å². The summed E-state index contributed by atoms with van der Waals surface area (Å²) in [6.07, 6.45) is 5.39. The molecule has 144 valence electrons. The molecule has 1 aromatic heterocycles. The summed E-state index contributed by atoms with van der Waals surface area (Å²) in [5.74, 6) is -1.27. The molecule has 2 unspecified atom stereocenters. The largest absolute Gasteiger partial charge is 0.477 e. The van der Waals surface area contributed by atoms with Crippen molar-refractivity contribution in [3.05, 3.63) is 38.6 Å². The molecule has 1 aliphatic carbocycles. The van der Waals surface area contributed by atoms with Crippen molar-refractivity contribution in [3.8, 4) is 6.07 Å². The number of piperazine rings is 1. The van der Waals surface area contributed by atoms with Gasteiger partial charge in [0.2, 0.25) is 5.43 Å². The van der Waals surface area contributed by atoms with Crippen molar-refractivity contribution < 1.29 is 9.90 Å². The lowest BCUT2D eigenvalue weighted by Crippen LogP contribution is -2.51. The number of aromatic nitrogens is 1. The first-order valence-corrected chi connectivity index (χ1v) is 9.91. The smallest absolute Gasteiger partial charge is 0.341 e. The van der Waals surface area contributed by atoms with Crippen LogP contribution in [-0.2, 0) is 0 Å². The zero-order chi connectivity index (χ0) is 19.6. The van der Waals surface area contributed by atoms with Gasteiger partial charge in [-0.05, 0) is 31.7 Å². The molecule has 2 saturated heterocycles. The van der Waals surface area contributed by atoms with Crippen LogP contribution in [0.3, 0.4) is 0 Å². The molecule has 7 nitrogen and oxygen atoms in total. The van der Waals surface area contributed by atoms with Gasteiger partial charge in [-0.2, -0.15) is 5.26 Å². The van der Waals surface area contributed by atoms with E-state index in [9.17, 15) is 20.0 Å². The number of carboxylic acid groups (broad SMARTS) is 1. The molecule has 0 amide bonds. The zero-order valence-electron chi connectivity index (χ0n) is 15.1. The van der Waals surface area contributed by atoms with Gasteiger partial charge >= 0.3 is 5.97 Å². The Morgan fingerprint density at radius 1 is 1.25 bits per heavy atom. The molecule has 2 N–H and O–H groups in total. The van der Waals surface area contributed by atoms with Crippen LogP contribution < -0.4 is 15.6 Å². The summed E-state index contributed by atoms with van der Waals surface area (Å²) < 4.78 is 1.80. The number of nitriles is 1. The van der Waals surface area contributed by atoms with Crippen LogP contribution in [0.4, 0.5) is 5.69 Å². The minimum absolute atomic E-state index is 0.113. The van der Waals surface area contributed by atoms with Crippen LogP contribution in [0, 0.1) is 11.3 Å². The lowest BCUT2D eigenvalue weighted by Gasteiger charge is -2.36. The molecule has 2 bridgehead atoms. The predicted molar refractivity (Wildman–Crippen MR) is 105 cm³/mol. The lowest BCUT2D eigenvalue weighted by molar-refractivity contribution is 0.0695. The lowest BCUT2D eigenvalue weighted by atomic mass is 10.0. The molecule has 1 aromatic carbocycles. The van der Waals surface area contributed by atoms with Crippen molar-refractivity contribution >= 4 is 34.2 Å². The molecule has 3 aliphatic rings. The van der Waals surface area contributed by atoms with Crippen molar-refractivity contribution in [1.82, 2.24) is 9.88 Å². The van der Waals surface area contributed by atoms with Gasteiger partial charge < -0.3 is 19.9 Å². The second-order valence-electron chi connectivity index (χ2n) is 7.95. The first-order chi connectivity index (χ1) is 13.5. The molecule has 2 atom stereocenters. The van der Waals surface area contributed by atoms with E-state index in [1.54, 1.807) is 10.6 Å². The van der Waals surface area contributed by atoms with Crippen LogP contribution in [0.5, 0.6) is 0 Å². The number of fused-ring (bicyclic) bond motifs is 3. The van der Waals surface area contributed by atoms with E-state index in [1.807, 2.05) is 0 Å². The molecule has 8 heteroatoms. The van der Waals surface area contributed by atoms with Crippen LogP contribution >= 0.6 is 11.6 Å². The number of halogens is 1. The Morgan fingerprint density at radius 3 is 2.50 bits per heavy atom. The summed E-state index contributed by atoms with van der Waals surface area (Å²) in [5, 5.41) is 23.6. The number of rotatable bonds is 3. The highest BCUT2D eigenvalue weighted by molar-refractivity contribution is 6.34. The molecule has 0 radical (unpaired) electrons. The van der Waals surface area contributed by atoms with Gasteiger partial charge in [-0.25, -0.2) is 4.79 Å². The van der Waals surface area contributed by atoms with Crippen LogP contribution in [-0.4, -0.2) is 40.8 Å². The maximum atomic E-state index is 12.8. The average molecular weight is 399 g/mol. The van der Waals surface area contributed by atoms with Crippen molar-refractivity contribution in [1.29, 1.82) is 5.26 Å². The molecule has 3 heterocycles. The number of carboxylic acids is 1. The molecule has 0 spiro atoms. The topological polar surface area (TPSA) is 98.4 Å². The highest BCUT2D eigenvalue weighted by atomic mass is 35.5. The molecular weight excluding hydrogens is 380 g/mol. The Kier molecular flexibility index (Phi) is 3.90. The number of carbonyl (C=O) groups is 1. The quantitative estimate of drug-likeness (QED) is 0.824. The summed E-state index contributed by atoms with van der Waals surface area (Å²) in [5.41, 5.74) is 0.652. The molecule has 2 aliphatic heterocycles. The minimum Gasteiger partial charge on any atom is -0.477 e. The number of pyridine rings is 1. The number of nitrogens with one attached hydrogen (secondary N) is 1. The third-order valence-corrected chi connectivity index (χ3v) is 6.35. The molecule has 2 aromatic rings. The van der Waals surface area contributed by atoms with E-state index in [0.29, 0.717) is 33.9 Å². The molecule has 1 saturated carbocycles. The molecule has 3 fully saturated rings. The number of anilines is 1. The van der Waals surface area contributed by atoms with Crippen LogP contribution in [0.15, 0.2) is 17.1 Å². The van der Waals surface area contributed by atoms with E-state index in [1.165, 1.54) is 6.20 Å². The summed E-state index contributed by atoms with van der Waals surface area (Å²) >= 11 is 6.58. The monoisotopic (exact) mass is 398 g/mol. The first-order valence-electron chi connectivity index (χ1n) is 9.53. The Balaban J connectivity index is 1.79. The van der Waals surface area contributed by atoms with E-state index in [0.717, 1.165) is 38.8 Å². The highest BCUT2D eigenvalue weighted by Crippen LogP contribution is 2.42. The van der Waals surface area contributed by atoms with Crippen LogP contribution in [0.1, 0.15) is 47.6 Å². The number of hydrogen-bond acceptors (Lipinski definition) is 5. The molecule has 5 rings (SSSR count). The van der Waals surface area contributed by atoms with E-state index in [4.69, 9.17) is 11.6 Å². The van der Waals surface area contributed by atoms with Gasteiger partial charge in [0.05, 0.1) is 16.2 Å². The normalized spacial score (nSPS) is 23.8. The van der Waals surface area contributed by atoms with Gasteiger partial charge in [0.25, 0.3) is 0 Å². The van der Waals surface area contributed by atoms with Gasteiger partial charge in [0.1, 0.15) is 17.2 Å². The Morgan fingerprint density at radius 2 is 1.93 bits per heavy atom. The summed E-state index contributed by atoms with van der Waals surface area (Å²) in [4.78, 5) is 26.5. The fraction of sp³-hybridized carbons (Fsp3) is 0.450. The van der Waals surface area contributed by atoms with Gasteiger partial charge in [0, 0.05) is 42.8 Å². The maximum absolute atomic E-state index is 12.8. The highest BCUT2D eigenvalue weighted by Gasteiger charge is 2.35. The van der Waals surface area contributed by atoms with Crippen molar-refractivity contribution in [3.63, 3.8) is 0 Å². The molecule has 28 heavy (non-hydrogen) atoms. The van der Waals surface area contributed by atoms with E-state index in [-0.39, 0.29) is 17.0 Å². The van der Waals surface area contributed by atoms with Crippen LogP contribution in [0.2, 0.25) is 5.02 Å². The summed E-state index contributed by atoms with van der Waals surface area (Å²) in [6.45, 7) is 1.52. The SMILES string of the molecule is N#Cc1c(N2CC3CCC(C2)N3)c(Cl)cc2c(=O)c(C(=O)O)cn(C3CC3)c12. The minimum atomic E-state index is -1.27. The number of nitrogens with zero attached hydrogens (tertiary/aromatic N) is 3. The van der Waals surface area contributed by atoms with E-state index in [2.05, 4.69) is 16.3 Å². The zero-order valence-corrected chi connectivity index (χ0v) is 15.9. The van der Waals surface area contributed by atoms with Crippen molar-refractivity contribution in [2.75, 3.05) is 18.0 Å². The molecular formula is C20H19ClN4O3. The number of aromatic carboxylic acids is 1. The number of benzene rings is 1. The first kappa shape index (κ1) is 17.5. The maximum Gasteiger partial charge on any atom is 0.341 e.